The lowest BCUT2D eigenvalue weighted by Crippen LogP contribution is -2.52. The van der Waals surface area contributed by atoms with Crippen molar-refractivity contribution in [1.29, 1.82) is 0 Å². The molecule has 1 aromatic heterocycles. The first-order valence-corrected chi connectivity index (χ1v) is 7.47. The van der Waals surface area contributed by atoms with E-state index >= 15 is 0 Å². The van der Waals surface area contributed by atoms with E-state index in [4.69, 9.17) is 0 Å². The molecule has 0 aliphatic carbocycles. The fraction of sp³-hybridized carbons (Fsp3) is 0.636. The molecule has 0 saturated heterocycles. The summed E-state index contributed by atoms with van der Waals surface area (Å²) < 4.78 is 33.2. The van der Waals surface area contributed by atoms with Crippen molar-refractivity contribution >= 4 is 16.2 Å². The van der Waals surface area contributed by atoms with Crippen LogP contribution in [-0.2, 0) is 26.2 Å². The van der Waals surface area contributed by atoms with Crippen LogP contribution in [0, 0.1) is 0 Å². The van der Waals surface area contributed by atoms with Gasteiger partial charge in [-0.3, -0.25) is 4.79 Å². The normalized spacial score (nSPS) is 14.0. The monoisotopic (exact) mass is 304 g/mol. The van der Waals surface area contributed by atoms with Crippen molar-refractivity contribution in [2.75, 3.05) is 7.11 Å². The SMILES string of the molecule is COC(=O)[C@H](Cc1cnc[nH]1)NS(=O)(=O)NC(C)(C)C. The molecule has 3 N–H and O–H groups in total. The van der Waals surface area contributed by atoms with Crippen LogP contribution in [-0.4, -0.2) is 43.0 Å². The van der Waals surface area contributed by atoms with Gasteiger partial charge < -0.3 is 9.72 Å². The average Bonchev–Trinajstić information content (AvgIpc) is 2.76. The fourth-order valence-electron chi connectivity index (χ4n) is 1.55. The lowest BCUT2D eigenvalue weighted by atomic mass is 10.1. The van der Waals surface area contributed by atoms with Crippen LogP contribution in [0.1, 0.15) is 26.5 Å². The number of H-pyrrole nitrogens is 1. The van der Waals surface area contributed by atoms with Gasteiger partial charge in [0.05, 0.1) is 13.4 Å². The highest BCUT2D eigenvalue weighted by atomic mass is 32.2. The predicted octanol–water partition coefficient (Wildman–Crippen LogP) is -0.284. The highest BCUT2D eigenvalue weighted by molar-refractivity contribution is 7.87. The van der Waals surface area contributed by atoms with E-state index in [2.05, 4.69) is 24.1 Å². The van der Waals surface area contributed by atoms with E-state index < -0.39 is 27.8 Å². The number of hydrogen-bond acceptors (Lipinski definition) is 5. The summed E-state index contributed by atoms with van der Waals surface area (Å²) in [5.74, 6) is -0.668. The van der Waals surface area contributed by atoms with E-state index in [1.807, 2.05) is 0 Å². The standard InChI is InChI=1S/C11H20N4O4S/c1-11(2,3)15-20(17,18)14-9(10(16)19-4)5-8-6-12-7-13-8/h6-7,9,14-15H,5H2,1-4H3,(H,12,13)/t9-/m0/s1. The van der Waals surface area contributed by atoms with Crippen molar-refractivity contribution in [3.05, 3.63) is 18.2 Å². The second kappa shape index (κ2) is 6.33. The molecule has 1 atom stereocenters. The van der Waals surface area contributed by atoms with E-state index in [-0.39, 0.29) is 6.42 Å². The summed E-state index contributed by atoms with van der Waals surface area (Å²) in [6.07, 6.45) is 3.09. The van der Waals surface area contributed by atoms with Crippen LogP contribution < -0.4 is 9.44 Å². The van der Waals surface area contributed by atoms with Gasteiger partial charge in [-0.05, 0) is 20.8 Å². The third-order valence-electron chi connectivity index (χ3n) is 2.20. The van der Waals surface area contributed by atoms with Gasteiger partial charge >= 0.3 is 5.97 Å². The zero-order chi connectivity index (χ0) is 15.4. The summed E-state index contributed by atoms with van der Waals surface area (Å²) >= 11 is 0. The van der Waals surface area contributed by atoms with Gasteiger partial charge in [0.15, 0.2) is 0 Å². The lowest BCUT2D eigenvalue weighted by molar-refractivity contribution is -0.142. The Morgan fingerprint density at radius 1 is 1.50 bits per heavy atom. The van der Waals surface area contributed by atoms with E-state index in [9.17, 15) is 13.2 Å². The number of methoxy groups -OCH3 is 1. The molecule has 0 aromatic carbocycles. The summed E-state index contributed by atoms with van der Waals surface area (Å²) in [7, 11) is -2.63. The van der Waals surface area contributed by atoms with E-state index in [0.29, 0.717) is 5.69 Å². The van der Waals surface area contributed by atoms with Gasteiger partial charge in [-0.25, -0.2) is 4.98 Å². The van der Waals surface area contributed by atoms with Crippen molar-refractivity contribution in [2.24, 2.45) is 0 Å². The smallest absolute Gasteiger partial charge is 0.324 e. The van der Waals surface area contributed by atoms with Crippen molar-refractivity contribution in [3.8, 4) is 0 Å². The maximum Gasteiger partial charge on any atom is 0.324 e. The Balaban J connectivity index is 2.82. The minimum absolute atomic E-state index is 0.123. The Hall–Kier alpha value is -1.45. The summed E-state index contributed by atoms with van der Waals surface area (Å²) in [5, 5.41) is 0. The first-order valence-electron chi connectivity index (χ1n) is 5.99. The molecule has 1 aromatic rings. The second-order valence-corrected chi connectivity index (χ2v) is 6.78. The zero-order valence-corrected chi connectivity index (χ0v) is 12.7. The largest absolute Gasteiger partial charge is 0.468 e. The van der Waals surface area contributed by atoms with E-state index in [1.165, 1.54) is 19.6 Å². The number of aromatic amines is 1. The Bertz CT molecular complexity index is 533. The molecule has 20 heavy (non-hydrogen) atoms. The number of aromatic nitrogens is 2. The molecule has 0 aliphatic heterocycles. The number of nitrogens with zero attached hydrogens (tertiary/aromatic N) is 1. The van der Waals surface area contributed by atoms with Crippen LogP contribution in [0.4, 0.5) is 0 Å². The molecule has 0 radical (unpaired) electrons. The maximum atomic E-state index is 11.9. The fourth-order valence-corrected chi connectivity index (χ4v) is 2.97. The molecule has 0 aliphatic rings. The number of nitrogens with one attached hydrogen (secondary N) is 3. The van der Waals surface area contributed by atoms with Crippen LogP contribution in [0.5, 0.6) is 0 Å². The topological polar surface area (TPSA) is 113 Å². The Morgan fingerprint density at radius 2 is 2.15 bits per heavy atom. The van der Waals surface area contributed by atoms with Gasteiger partial charge in [-0.15, -0.1) is 0 Å². The molecule has 0 unspecified atom stereocenters. The Morgan fingerprint density at radius 3 is 2.60 bits per heavy atom. The molecule has 114 valence electrons. The molecule has 1 heterocycles. The molecule has 8 nitrogen and oxygen atoms in total. The van der Waals surface area contributed by atoms with E-state index in [1.54, 1.807) is 20.8 Å². The van der Waals surface area contributed by atoms with Crippen molar-refractivity contribution in [1.82, 2.24) is 19.4 Å². The first kappa shape index (κ1) is 16.6. The van der Waals surface area contributed by atoms with Crippen LogP contribution >= 0.6 is 0 Å². The molecular formula is C11H20N4O4S. The van der Waals surface area contributed by atoms with Crippen molar-refractivity contribution < 1.29 is 17.9 Å². The summed E-state index contributed by atoms with van der Waals surface area (Å²) in [6, 6.07) is -1.03. The second-order valence-electron chi connectivity index (χ2n) is 5.33. The third kappa shape index (κ3) is 5.68. The summed E-state index contributed by atoms with van der Waals surface area (Å²) in [6.45, 7) is 5.11. The molecule has 0 amide bonds. The molecule has 0 bridgehead atoms. The van der Waals surface area contributed by atoms with Gasteiger partial charge in [0, 0.05) is 23.9 Å². The van der Waals surface area contributed by atoms with Gasteiger partial charge in [0.2, 0.25) is 0 Å². The van der Waals surface area contributed by atoms with Gasteiger partial charge in [-0.1, -0.05) is 0 Å². The maximum absolute atomic E-state index is 11.9. The predicted molar refractivity (Wildman–Crippen MR) is 73.0 cm³/mol. The van der Waals surface area contributed by atoms with Gasteiger partial charge in [0.25, 0.3) is 10.2 Å². The van der Waals surface area contributed by atoms with Crippen molar-refractivity contribution in [2.45, 2.75) is 38.8 Å². The van der Waals surface area contributed by atoms with Gasteiger partial charge in [0.1, 0.15) is 6.04 Å². The average molecular weight is 304 g/mol. The number of rotatable bonds is 6. The van der Waals surface area contributed by atoms with Crippen molar-refractivity contribution in [3.63, 3.8) is 0 Å². The van der Waals surface area contributed by atoms with E-state index in [0.717, 1.165) is 0 Å². The van der Waals surface area contributed by atoms with Crippen LogP contribution in [0.3, 0.4) is 0 Å². The molecule has 0 saturated carbocycles. The Kier molecular flexibility index (Phi) is 5.26. The third-order valence-corrected chi connectivity index (χ3v) is 3.68. The lowest BCUT2D eigenvalue weighted by Gasteiger charge is -2.23. The highest BCUT2D eigenvalue weighted by Crippen LogP contribution is 2.05. The van der Waals surface area contributed by atoms with Crippen LogP contribution in [0.15, 0.2) is 12.5 Å². The number of esters is 1. The molecule has 1 rings (SSSR count). The molecule has 0 fully saturated rings. The van der Waals surface area contributed by atoms with Crippen LogP contribution in [0.2, 0.25) is 0 Å². The molecule has 9 heteroatoms. The summed E-state index contributed by atoms with van der Waals surface area (Å²) in [4.78, 5) is 18.3. The highest BCUT2D eigenvalue weighted by Gasteiger charge is 2.28. The number of imidazole rings is 1. The molecular weight excluding hydrogens is 284 g/mol. The number of ether oxygens (including phenoxy) is 1. The Labute approximate surface area is 118 Å². The first-order chi connectivity index (χ1) is 9.13. The zero-order valence-electron chi connectivity index (χ0n) is 11.9. The van der Waals surface area contributed by atoms with Crippen LogP contribution in [0.25, 0.3) is 0 Å². The van der Waals surface area contributed by atoms with Gasteiger partial charge in [-0.2, -0.15) is 17.9 Å². The minimum Gasteiger partial charge on any atom is -0.468 e. The minimum atomic E-state index is -3.83. The number of carbonyl (C=O) groups is 1. The number of carbonyl (C=O) groups excluding carboxylic acids is 1. The number of hydrogen-bond donors (Lipinski definition) is 3. The quantitative estimate of drug-likeness (QED) is 0.625. The summed E-state index contributed by atoms with van der Waals surface area (Å²) in [5.41, 5.74) is -0.0283. The molecule has 0 spiro atoms.